The molecule has 1 aliphatic carbocycles. The van der Waals surface area contributed by atoms with Gasteiger partial charge in [0.15, 0.2) is 5.11 Å². The van der Waals surface area contributed by atoms with Gasteiger partial charge in [-0.15, -0.1) is 11.3 Å². The van der Waals surface area contributed by atoms with Crippen LogP contribution in [0.4, 0.5) is 5.00 Å². The Labute approximate surface area is 169 Å². The number of benzene rings is 1. The molecule has 2 aromatic rings. The molecule has 0 spiro atoms. The van der Waals surface area contributed by atoms with Crippen LogP contribution in [-0.2, 0) is 24.1 Å². The zero-order valence-corrected chi connectivity index (χ0v) is 17.2. The van der Waals surface area contributed by atoms with Gasteiger partial charge in [0.1, 0.15) is 10.8 Å². The molecule has 1 heterocycles. The van der Waals surface area contributed by atoms with E-state index < -0.39 is 0 Å². The van der Waals surface area contributed by atoms with E-state index in [2.05, 4.69) is 10.6 Å². The first-order valence-corrected chi connectivity index (χ1v) is 10.3. The molecule has 2 N–H and O–H groups in total. The number of hydrogen-bond donors (Lipinski definition) is 2. The van der Waals surface area contributed by atoms with E-state index in [0.29, 0.717) is 17.2 Å². The highest BCUT2D eigenvalue weighted by Crippen LogP contribution is 2.37. The minimum absolute atomic E-state index is 0.296. The Bertz CT molecular complexity index is 815. The third-order valence-corrected chi connectivity index (χ3v) is 6.10. The standard InChI is InChI=1S/C20H24N2O3S2/c1-24-14-10-8-13(9-11-14)12-21-20(26)22-18-17(19(23)25-2)15-6-4-3-5-7-16(15)27-18/h8-11H,3-7,12H2,1-2H3,(H2,21,22,26). The van der Waals surface area contributed by atoms with Gasteiger partial charge in [0.25, 0.3) is 0 Å². The number of carbonyl (C=O) groups excluding carboxylic acids is 1. The fourth-order valence-corrected chi connectivity index (χ4v) is 4.74. The Morgan fingerprint density at radius 3 is 2.59 bits per heavy atom. The molecule has 0 saturated carbocycles. The molecular formula is C20H24N2O3S2. The maximum atomic E-state index is 12.4. The zero-order valence-electron chi connectivity index (χ0n) is 15.6. The Morgan fingerprint density at radius 1 is 1.15 bits per heavy atom. The predicted octanol–water partition coefficient (Wildman–Crippen LogP) is 4.30. The fourth-order valence-electron chi connectivity index (χ4n) is 3.22. The molecule has 0 aliphatic heterocycles. The molecule has 0 atom stereocenters. The summed E-state index contributed by atoms with van der Waals surface area (Å²) in [5.41, 5.74) is 2.87. The lowest BCUT2D eigenvalue weighted by molar-refractivity contribution is 0.0601. The van der Waals surface area contributed by atoms with Crippen LogP contribution in [0.15, 0.2) is 24.3 Å². The number of nitrogens with one attached hydrogen (secondary N) is 2. The summed E-state index contributed by atoms with van der Waals surface area (Å²) < 4.78 is 10.2. The zero-order chi connectivity index (χ0) is 19.2. The van der Waals surface area contributed by atoms with Crippen LogP contribution in [0.3, 0.4) is 0 Å². The molecule has 0 saturated heterocycles. The molecule has 1 aliphatic rings. The van der Waals surface area contributed by atoms with E-state index in [9.17, 15) is 4.79 Å². The lowest BCUT2D eigenvalue weighted by atomic mass is 10.1. The van der Waals surface area contributed by atoms with Crippen LogP contribution in [0.1, 0.15) is 45.6 Å². The molecule has 0 fully saturated rings. The minimum Gasteiger partial charge on any atom is -0.497 e. The van der Waals surface area contributed by atoms with Crippen molar-refractivity contribution in [2.75, 3.05) is 19.5 Å². The van der Waals surface area contributed by atoms with Gasteiger partial charge in [-0.2, -0.15) is 0 Å². The molecular weight excluding hydrogens is 380 g/mol. The van der Waals surface area contributed by atoms with Crippen molar-refractivity contribution >= 4 is 39.6 Å². The number of ether oxygens (including phenoxy) is 2. The average Bonchev–Trinajstić information content (AvgIpc) is 2.86. The molecule has 0 unspecified atom stereocenters. The van der Waals surface area contributed by atoms with Crippen LogP contribution in [0, 0.1) is 0 Å². The van der Waals surface area contributed by atoms with E-state index in [0.717, 1.165) is 47.6 Å². The van der Waals surface area contributed by atoms with Crippen molar-refractivity contribution in [1.82, 2.24) is 5.32 Å². The Hall–Kier alpha value is -2.12. The SMILES string of the molecule is COC(=O)c1c(NC(=S)NCc2ccc(OC)cc2)sc2c1CCCCC2. The van der Waals surface area contributed by atoms with Crippen molar-refractivity contribution in [2.45, 2.75) is 38.6 Å². The molecule has 1 aromatic carbocycles. The predicted molar refractivity (Wildman–Crippen MR) is 113 cm³/mol. The van der Waals surface area contributed by atoms with Crippen molar-refractivity contribution in [3.63, 3.8) is 0 Å². The summed E-state index contributed by atoms with van der Waals surface area (Å²) in [6.45, 7) is 0.592. The summed E-state index contributed by atoms with van der Waals surface area (Å²) in [5.74, 6) is 0.525. The second-order valence-electron chi connectivity index (χ2n) is 6.42. The topological polar surface area (TPSA) is 59.6 Å². The van der Waals surface area contributed by atoms with Gasteiger partial charge in [-0.1, -0.05) is 18.6 Å². The van der Waals surface area contributed by atoms with E-state index in [1.54, 1.807) is 18.4 Å². The number of hydrogen-bond acceptors (Lipinski definition) is 5. The number of carbonyl (C=O) groups is 1. The van der Waals surface area contributed by atoms with Crippen LogP contribution < -0.4 is 15.4 Å². The summed E-state index contributed by atoms with van der Waals surface area (Å²) >= 11 is 7.06. The number of rotatable bonds is 5. The second kappa shape index (κ2) is 9.19. The number of fused-ring (bicyclic) bond motifs is 1. The van der Waals surface area contributed by atoms with Crippen LogP contribution in [-0.4, -0.2) is 25.3 Å². The van der Waals surface area contributed by atoms with Gasteiger partial charge in [0, 0.05) is 11.4 Å². The number of aryl methyl sites for hydroxylation is 1. The van der Waals surface area contributed by atoms with Gasteiger partial charge in [0.2, 0.25) is 0 Å². The first-order chi connectivity index (χ1) is 13.1. The van der Waals surface area contributed by atoms with Gasteiger partial charge < -0.3 is 20.1 Å². The van der Waals surface area contributed by atoms with Crippen molar-refractivity contribution in [3.05, 3.63) is 45.8 Å². The van der Waals surface area contributed by atoms with Gasteiger partial charge in [-0.05, 0) is 61.2 Å². The molecule has 7 heteroatoms. The van der Waals surface area contributed by atoms with E-state index >= 15 is 0 Å². The highest BCUT2D eigenvalue weighted by Gasteiger charge is 2.25. The van der Waals surface area contributed by atoms with Gasteiger partial charge >= 0.3 is 5.97 Å². The van der Waals surface area contributed by atoms with Gasteiger partial charge in [0.05, 0.1) is 19.8 Å². The largest absolute Gasteiger partial charge is 0.497 e. The number of esters is 1. The van der Waals surface area contributed by atoms with Gasteiger partial charge in [-0.25, -0.2) is 4.79 Å². The first-order valence-electron chi connectivity index (χ1n) is 9.03. The fraction of sp³-hybridized carbons (Fsp3) is 0.400. The molecule has 1 aromatic heterocycles. The number of thiophene rings is 1. The minimum atomic E-state index is -0.296. The van der Waals surface area contributed by atoms with Crippen molar-refractivity contribution in [2.24, 2.45) is 0 Å². The van der Waals surface area contributed by atoms with Crippen LogP contribution in [0.25, 0.3) is 0 Å². The van der Waals surface area contributed by atoms with E-state index in [1.807, 2.05) is 24.3 Å². The van der Waals surface area contributed by atoms with E-state index in [4.69, 9.17) is 21.7 Å². The molecule has 3 rings (SSSR count). The Morgan fingerprint density at radius 2 is 1.89 bits per heavy atom. The van der Waals surface area contributed by atoms with Crippen LogP contribution in [0.2, 0.25) is 0 Å². The maximum Gasteiger partial charge on any atom is 0.341 e. The highest BCUT2D eigenvalue weighted by atomic mass is 32.1. The highest BCUT2D eigenvalue weighted by molar-refractivity contribution is 7.80. The second-order valence-corrected chi connectivity index (χ2v) is 7.93. The summed E-state index contributed by atoms with van der Waals surface area (Å²) in [6.07, 6.45) is 5.40. The Kier molecular flexibility index (Phi) is 6.68. The van der Waals surface area contributed by atoms with Crippen molar-refractivity contribution in [3.8, 4) is 5.75 Å². The number of anilines is 1. The van der Waals surface area contributed by atoms with E-state index in [1.165, 1.54) is 18.4 Å². The lowest BCUT2D eigenvalue weighted by Gasteiger charge is -2.11. The third kappa shape index (κ3) is 4.78. The summed E-state index contributed by atoms with van der Waals surface area (Å²) in [7, 11) is 3.07. The molecule has 144 valence electrons. The van der Waals surface area contributed by atoms with Crippen LogP contribution >= 0.6 is 23.6 Å². The van der Waals surface area contributed by atoms with Crippen LogP contribution in [0.5, 0.6) is 5.75 Å². The van der Waals surface area contributed by atoms with Crippen molar-refractivity contribution in [1.29, 1.82) is 0 Å². The average molecular weight is 405 g/mol. The summed E-state index contributed by atoms with van der Waals surface area (Å²) in [4.78, 5) is 13.6. The molecule has 27 heavy (non-hydrogen) atoms. The number of methoxy groups -OCH3 is 2. The summed E-state index contributed by atoms with van der Waals surface area (Å²) in [5, 5.41) is 7.68. The van der Waals surface area contributed by atoms with Gasteiger partial charge in [-0.3, -0.25) is 0 Å². The summed E-state index contributed by atoms with van der Waals surface area (Å²) in [6, 6.07) is 7.81. The first kappa shape index (κ1) is 19.6. The molecule has 0 radical (unpaired) electrons. The smallest absolute Gasteiger partial charge is 0.341 e. The lowest BCUT2D eigenvalue weighted by Crippen LogP contribution is -2.28. The van der Waals surface area contributed by atoms with Crippen molar-refractivity contribution < 1.29 is 14.3 Å². The number of thiocarbonyl (C=S) groups is 1. The maximum absolute atomic E-state index is 12.4. The molecule has 0 bridgehead atoms. The Balaban J connectivity index is 1.70. The monoisotopic (exact) mass is 404 g/mol. The molecule has 0 amide bonds. The quantitative estimate of drug-likeness (QED) is 0.440. The third-order valence-electron chi connectivity index (χ3n) is 4.65. The molecule has 5 nitrogen and oxygen atoms in total. The normalized spacial score (nSPS) is 13.3. The van der Waals surface area contributed by atoms with E-state index in [-0.39, 0.29) is 5.97 Å².